The van der Waals surface area contributed by atoms with E-state index in [2.05, 4.69) is 15.3 Å². The number of thiazole rings is 1. The number of ketones is 1. The van der Waals surface area contributed by atoms with Crippen molar-refractivity contribution < 1.29 is 24.6 Å². The highest BCUT2D eigenvalue weighted by atomic mass is 32.1. The van der Waals surface area contributed by atoms with Gasteiger partial charge in [0.25, 0.3) is 5.91 Å². The number of carbonyl (C=O) groups excluding carboxylic acids is 2. The van der Waals surface area contributed by atoms with Gasteiger partial charge in [-0.05, 0) is 6.07 Å². The summed E-state index contributed by atoms with van der Waals surface area (Å²) in [5, 5.41) is 22.2. The molecule has 1 unspecified atom stereocenters. The minimum absolute atomic E-state index is 0.0760. The number of carboxylic acids is 1. The second-order valence-electron chi connectivity index (χ2n) is 5.16. The second kappa shape index (κ2) is 6.83. The van der Waals surface area contributed by atoms with E-state index in [-0.39, 0.29) is 16.5 Å². The Morgan fingerprint density at radius 1 is 1.28 bits per heavy atom. The van der Waals surface area contributed by atoms with Crippen molar-refractivity contribution in [1.29, 1.82) is 0 Å². The predicted octanol–water partition coefficient (Wildman–Crippen LogP) is 1.03. The molecule has 3 rings (SSSR count). The Hall–Kier alpha value is -3.04. The number of aromatic amines is 1. The quantitative estimate of drug-likeness (QED) is 0.486. The van der Waals surface area contributed by atoms with Gasteiger partial charge in [-0.2, -0.15) is 0 Å². The molecule has 0 aliphatic carbocycles. The van der Waals surface area contributed by atoms with Gasteiger partial charge in [0.2, 0.25) is 5.78 Å². The molecule has 9 heteroatoms. The first kappa shape index (κ1) is 16.8. The van der Waals surface area contributed by atoms with Gasteiger partial charge in [-0.25, -0.2) is 9.78 Å². The van der Waals surface area contributed by atoms with Gasteiger partial charge < -0.3 is 20.5 Å². The number of aliphatic hydroxyl groups is 1. The van der Waals surface area contributed by atoms with Gasteiger partial charge in [0.1, 0.15) is 5.69 Å². The fourth-order valence-corrected chi connectivity index (χ4v) is 3.03. The third kappa shape index (κ3) is 3.28. The minimum atomic E-state index is -1.43. The Morgan fingerprint density at radius 3 is 2.76 bits per heavy atom. The number of aliphatic carboxylic acids is 1. The van der Waals surface area contributed by atoms with Crippen LogP contribution in [-0.4, -0.2) is 50.5 Å². The summed E-state index contributed by atoms with van der Waals surface area (Å²) in [6, 6.07) is 5.88. The number of H-pyrrole nitrogens is 1. The lowest BCUT2D eigenvalue weighted by molar-refractivity contribution is -0.140. The predicted molar refractivity (Wildman–Crippen MR) is 89.8 cm³/mol. The van der Waals surface area contributed by atoms with Crippen LogP contribution in [0.5, 0.6) is 0 Å². The molecule has 1 aromatic carbocycles. The maximum absolute atomic E-state index is 12.6. The standard InChI is InChI=1S/C16H13N3O5S/c20-6-11(16(23)24)18-14(22)12-7-25-15(19-12)13(21)9-5-17-10-4-2-1-3-8(9)10/h1-5,7,11,17,20H,6H2,(H,18,22)(H,23,24). The van der Waals surface area contributed by atoms with Crippen molar-refractivity contribution in [2.24, 2.45) is 0 Å². The van der Waals surface area contributed by atoms with Crippen LogP contribution in [0.25, 0.3) is 10.9 Å². The zero-order chi connectivity index (χ0) is 18.0. The van der Waals surface area contributed by atoms with E-state index in [1.54, 1.807) is 12.3 Å². The lowest BCUT2D eigenvalue weighted by Gasteiger charge is -2.09. The van der Waals surface area contributed by atoms with E-state index in [4.69, 9.17) is 10.2 Å². The number of nitrogens with one attached hydrogen (secondary N) is 2. The molecule has 0 fully saturated rings. The summed E-state index contributed by atoms with van der Waals surface area (Å²) < 4.78 is 0. The lowest BCUT2D eigenvalue weighted by atomic mass is 10.1. The van der Waals surface area contributed by atoms with Gasteiger partial charge in [0, 0.05) is 22.5 Å². The Kier molecular flexibility index (Phi) is 4.59. The van der Waals surface area contributed by atoms with E-state index in [9.17, 15) is 14.4 Å². The van der Waals surface area contributed by atoms with Crippen molar-refractivity contribution in [2.75, 3.05) is 6.61 Å². The number of nitrogens with zero attached hydrogens (tertiary/aromatic N) is 1. The van der Waals surface area contributed by atoms with Crippen LogP contribution in [0.3, 0.4) is 0 Å². The molecule has 4 N–H and O–H groups in total. The number of hydrogen-bond donors (Lipinski definition) is 4. The van der Waals surface area contributed by atoms with E-state index in [0.717, 1.165) is 22.2 Å². The van der Waals surface area contributed by atoms with Crippen molar-refractivity contribution in [3.05, 3.63) is 52.1 Å². The maximum atomic E-state index is 12.6. The van der Waals surface area contributed by atoms with Crippen molar-refractivity contribution in [3.63, 3.8) is 0 Å². The van der Waals surface area contributed by atoms with Gasteiger partial charge in [0.05, 0.1) is 12.2 Å². The van der Waals surface area contributed by atoms with Crippen LogP contribution < -0.4 is 5.32 Å². The summed E-state index contributed by atoms with van der Waals surface area (Å²) in [7, 11) is 0. The molecule has 0 spiro atoms. The van der Waals surface area contributed by atoms with Crippen LogP contribution in [0, 0.1) is 0 Å². The molecule has 0 radical (unpaired) electrons. The number of benzene rings is 1. The lowest BCUT2D eigenvalue weighted by Crippen LogP contribution is -2.43. The Morgan fingerprint density at radius 2 is 2.04 bits per heavy atom. The fraction of sp³-hybridized carbons (Fsp3) is 0.125. The number of hydrogen-bond acceptors (Lipinski definition) is 6. The number of rotatable bonds is 6. The summed E-state index contributed by atoms with van der Waals surface area (Å²) in [5.74, 6) is -2.46. The van der Waals surface area contributed by atoms with E-state index in [0.29, 0.717) is 5.56 Å². The van der Waals surface area contributed by atoms with Crippen LogP contribution in [0.4, 0.5) is 0 Å². The van der Waals surface area contributed by atoms with E-state index < -0.39 is 24.5 Å². The molecule has 0 saturated carbocycles. The summed E-state index contributed by atoms with van der Waals surface area (Å²) in [6.45, 7) is -0.744. The number of fused-ring (bicyclic) bond motifs is 1. The fourth-order valence-electron chi connectivity index (χ4n) is 2.27. The number of para-hydroxylation sites is 1. The molecule has 0 aliphatic rings. The van der Waals surface area contributed by atoms with E-state index >= 15 is 0 Å². The summed E-state index contributed by atoms with van der Waals surface area (Å²) in [5.41, 5.74) is 1.18. The first-order valence-corrected chi connectivity index (χ1v) is 8.10. The molecule has 2 heterocycles. The SMILES string of the molecule is O=C(NC(CO)C(=O)O)c1csc(C(=O)c2c[nH]c3ccccc23)n1. The van der Waals surface area contributed by atoms with E-state index in [1.807, 2.05) is 18.2 Å². The molecule has 8 nitrogen and oxygen atoms in total. The molecule has 3 aromatic rings. The molecule has 2 aromatic heterocycles. The van der Waals surface area contributed by atoms with Crippen LogP contribution in [0.2, 0.25) is 0 Å². The summed E-state index contributed by atoms with van der Waals surface area (Å²) in [6.07, 6.45) is 1.58. The smallest absolute Gasteiger partial charge is 0.328 e. The van der Waals surface area contributed by atoms with Crippen molar-refractivity contribution in [2.45, 2.75) is 6.04 Å². The average Bonchev–Trinajstić information content (AvgIpc) is 3.25. The van der Waals surface area contributed by atoms with E-state index in [1.165, 1.54) is 5.38 Å². The van der Waals surface area contributed by atoms with Crippen LogP contribution >= 0.6 is 11.3 Å². The molecular weight excluding hydrogens is 346 g/mol. The van der Waals surface area contributed by atoms with Crippen LogP contribution in [-0.2, 0) is 4.79 Å². The van der Waals surface area contributed by atoms with Gasteiger partial charge in [-0.3, -0.25) is 9.59 Å². The normalized spacial score (nSPS) is 12.0. The summed E-state index contributed by atoms with van der Waals surface area (Å²) >= 11 is 0.991. The number of carboxylic acid groups (broad SMARTS) is 1. The Labute approximate surface area is 145 Å². The van der Waals surface area contributed by atoms with Crippen molar-refractivity contribution >= 4 is 39.9 Å². The highest BCUT2D eigenvalue weighted by molar-refractivity contribution is 7.12. The molecule has 0 aliphatic heterocycles. The second-order valence-corrected chi connectivity index (χ2v) is 6.02. The molecule has 0 bridgehead atoms. The number of amides is 1. The van der Waals surface area contributed by atoms with Crippen LogP contribution in [0.15, 0.2) is 35.8 Å². The third-order valence-corrected chi connectivity index (χ3v) is 4.39. The molecule has 1 amide bonds. The highest BCUT2D eigenvalue weighted by Gasteiger charge is 2.23. The van der Waals surface area contributed by atoms with Crippen molar-refractivity contribution in [3.8, 4) is 0 Å². The molecule has 128 valence electrons. The molecule has 25 heavy (non-hydrogen) atoms. The Bertz CT molecular complexity index is 961. The monoisotopic (exact) mass is 359 g/mol. The van der Waals surface area contributed by atoms with Gasteiger partial charge in [0.15, 0.2) is 11.0 Å². The van der Waals surface area contributed by atoms with Gasteiger partial charge >= 0.3 is 5.97 Å². The topological polar surface area (TPSA) is 132 Å². The number of aliphatic hydroxyl groups excluding tert-OH is 1. The first-order chi connectivity index (χ1) is 12.0. The minimum Gasteiger partial charge on any atom is -0.480 e. The summed E-state index contributed by atoms with van der Waals surface area (Å²) in [4.78, 5) is 42.4. The number of aromatic nitrogens is 2. The third-order valence-electron chi connectivity index (χ3n) is 3.55. The van der Waals surface area contributed by atoms with Crippen molar-refractivity contribution in [1.82, 2.24) is 15.3 Å². The number of carbonyl (C=O) groups is 3. The Balaban J connectivity index is 1.82. The largest absolute Gasteiger partial charge is 0.480 e. The zero-order valence-electron chi connectivity index (χ0n) is 12.7. The average molecular weight is 359 g/mol. The maximum Gasteiger partial charge on any atom is 0.328 e. The molecule has 1 atom stereocenters. The first-order valence-electron chi connectivity index (χ1n) is 7.22. The molecular formula is C16H13N3O5S. The van der Waals surface area contributed by atoms with Gasteiger partial charge in [-0.15, -0.1) is 11.3 Å². The molecule has 0 saturated heterocycles. The van der Waals surface area contributed by atoms with Gasteiger partial charge in [-0.1, -0.05) is 18.2 Å². The highest BCUT2D eigenvalue weighted by Crippen LogP contribution is 2.22. The zero-order valence-corrected chi connectivity index (χ0v) is 13.5. The van der Waals surface area contributed by atoms with Crippen LogP contribution in [0.1, 0.15) is 25.9 Å².